The Balaban J connectivity index is 2.45. The number of hydrogen-bond donors (Lipinski definition) is 0. The smallest absolute Gasteiger partial charge is 0.246 e. The molecule has 1 fully saturated rings. The van der Waals surface area contributed by atoms with E-state index in [-0.39, 0.29) is 18.0 Å². The van der Waals surface area contributed by atoms with Crippen molar-refractivity contribution in [3.8, 4) is 6.07 Å². The van der Waals surface area contributed by atoms with Crippen molar-refractivity contribution in [3.63, 3.8) is 0 Å². The quantitative estimate of drug-likeness (QED) is 0.844. The van der Waals surface area contributed by atoms with E-state index in [0.717, 1.165) is 9.87 Å². The summed E-state index contributed by atoms with van der Waals surface area (Å²) in [5, 5.41) is 9.26. The number of nitrogens with zero attached hydrogens (tertiary/aromatic N) is 2. The third-order valence-corrected chi connectivity index (χ3v) is 5.23. The fraction of sp³-hybridized carbons (Fsp3) is 0.462. The molecule has 1 unspecified atom stereocenters. The first-order valence-corrected chi connectivity index (χ1v) is 7.55. The summed E-state index contributed by atoms with van der Waals surface area (Å²) in [4.78, 5) is 0.191. The highest BCUT2D eigenvalue weighted by Crippen LogP contribution is 2.32. The molecule has 0 bridgehead atoms. The molecule has 1 aromatic rings. The van der Waals surface area contributed by atoms with Gasteiger partial charge in [0.2, 0.25) is 15.7 Å². The number of aryl methyl sites for hydroxylation is 1. The predicted molar refractivity (Wildman–Crippen MR) is 69.7 cm³/mol. The SMILES string of the molecule is CCC1(C#N)OCCN1S(=O)(=O)c1ccc(C)cc1. The summed E-state index contributed by atoms with van der Waals surface area (Å²) in [5.74, 6) is 0. The van der Waals surface area contributed by atoms with Gasteiger partial charge in [-0.15, -0.1) is 0 Å². The van der Waals surface area contributed by atoms with Crippen LogP contribution in [0.5, 0.6) is 0 Å². The standard InChI is InChI=1S/C13H16N2O3S/c1-3-13(10-14)15(8-9-18-13)19(16,17)12-6-4-11(2)5-7-12/h4-7H,3,8-9H2,1-2H3. The Morgan fingerprint density at radius 2 is 2.05 bits per heavy atom. The van der Waals surface area contributed by atoms with Crippen molar-refractivity contribution in [2.45, 2.75) is 30.9 Å². The predicted octanol–water partition coefficient (Wildman–Crippen LogP) is 1.65. The molecule has 1 heterocycles. The number of benzene rings is 1. The number of hydrogen-bond acceptors (Lipinski definition) is 4. The van der Waals surface area contributed by atoms with Crippen LogP contribution in [0.4, 0.5) is 0 Å². The fourth-order valence-electron chi connectivity index (χ4n) is 2.15. The zero-order valence-electron chi connectivity index (χ0n) is 11.0. The molecule has 1 atom stereocenters. The van der Waals surface area contributed by atoms with Crippen molar-refractivity contribution < 1.29 is 13.2 Å². The largest absolute Gasteiger partial charge is 0.345 e. The van der Waals surface area contributed by atoms with Gasteiger partial charge in [-0.1, -0.05) is 24.6 Å². The second-order valence-electron chi connectivity index (χ2n) is 4.49. The van der Waals surface area contributed by atoms with Crippen molar-refractivity contribution in [1.82, 2.24) is 4.31 Å². The Labute approximate surface area is 113 Å². The summed E-state index contributed by atoms with van der Waals surface area (Å²) in [6.45, 7) is 4.08. The Morgan fingerprint density at radius 1 is 1.42 bits per heavy atom. The van der Waals surface area contributed by atoms with Crippen LogP contribution in [0, 0.1) is 18.3 Å². The van der Waals surface area contributed by atoms with Gasteiger partial charge in [0.15, 0.2) is 0 Å². The van der Waals surface area contributed by atoms with Crippen molar-refractivity contribution in [2.24, 2.45) is 0 Å². The molecule has 1 aromatic carbocycles. The van der Waals surface area contributed by atoms with E-state index in [1.165, 1.54) is 0 Å². The summed E-state index contributed by atoms with van der Waals surface area (Å²) in [6, 6.07) is 8.58. The molecule has 0 aromatic heterocycles. The minimum absolute atomic E-state index is 0.191. The van der Waals surface area contributed by atoms with E-state index in [4.69, 9.17) is 4.74 Å². The maximum absolute atomic E-state index is 12.6. The average molecular weight is 280 g/mol. The third kappa shape index (κ3) is 2.25. The maximum atomic E-state index is 12.6. The molecule has 6 heteroatoms. The van der Waals surface area contributed by atoms with E-state index < -0.39 is 15.7 Å². The number of ether oxygens (including phenoxy) is 1. The highest BCUT2D eigenvalue weighted by atomic mass is 32.2. The molecule has 102 valence electrons. The second kappa shape index (κ2) is 4.93. The number of rotatable bonds is 3. The van der Waals surface area contributed by atoms with E-state index in [2.05, 4.69) is 0 Å². The van der Waals surface area contributed by atoms with Gasteiger partial charge in [0, 0.05) is 13.0 Å². The molecular weight excluding hydrogens is 264 g/mol. The molecule has 0 aliphatic carbocycles. The third-order valence-electron chi connectivity index (χ3n) is 3.30. The van der Waals surface area contributed by atoms with E-state index >= 15 is 0 Å². The summed E-state index contributed by atoms with van der Waals surface area (Å²) in [7, 11) is -3.70. The maximum Gasteiger partial charge on any atom is 0.246 e. The Morgan fingerprint density at radius 3 is 2.58 bits per heavy atom. The zero-order chi connectivity index (χ0) is 14.1. The first-order valence-electron chi connectivity index (χ1n) is 6.11. The summed E-state index contributed by atoms with van der Waals surface area (Å²) in [5.41, 5.74) is -0.386. The second-order valence-corrected chi connectivity index (χ2v) is 6.35. The Bertz CT molecular complexity index is 604. The zero-order valence-corrected chi connectivity index (χ0v) is 11.8. The molecule has 0 saturated carbocycles. The van der Waals surface area contributed by atoms with Gasteiger partial charge in [0.1, 0.15) is 6.07 Å². The molecular formula is C13H16N2O3S. The molecule has 1 aliphatic rings. The van der Waals surface area contributed by atoms with Gasteiger partial charge in [-0.25, -0.2) is 8.42 Å². The van der Waals surface area contributed by atoms with Crippen molar-refractivity contribution in [2.75, 3.05) is 13.2 Å². The fourth-order valence-corrected chi connectivity index (χ4v) is 3.81. The number of nitriles is 1. The lowest BCUT2D eigenvalue weighted by atomic mass is 10.2. The first kappa shape index (κ1) is 14.0. The van der Waals surface area contributed by atoms with Gasteiger partial charge in [-0.3, -0.25) is 0 Å². The van der Waals surface area contributed by atoms with Crippen molar-refractivity contribution >= 4 is 10.0 Å². The topological polar surface area (TPSA) is 70.4 Å². The molecule has 0 amide bonds. The van der Waals surface area contributed by atoms with Crippen LogP contribution < -0.4 is 0 Å². The van der Waals surface area contributed by atoms with Crippen LogP contribution in [0.3, 0.4) is 0 Å². The molecule has 5 nitrogen and oxygen atoms in total. The van der Waals surface area contributed by atoms with E-state index in [0.29, 0.717) is 6.42 Å². The molecule has 2 rings (SSSR count). The lowest BCUT2D eigenvalue weighted by molar-refractivity contribution is -0.00105. The lowest BCUT2D eigenvalue weighted by Crippen LogP contribution is -2.46. The molecule has 19 heavy (non-hydrogen) atoms. The lowest BCUT2D eigenvalue weighted by Gasteiger charge is -2.28. The van der Waals surface area contributed by atoms with Gasteiger partial charge in [-0.2, -0.15) is 9.57 Å². The van der Waals surface area contributed by atoms with Crippen LogP contribution in [0.2, 0.25) is 0 Å². The van der Waals surface area contributed by atoms with E-state index in [1.807, 2.05) is 13.0 Å². The summed E-state index contributed by atoms with van der Waals surface area (Å²) in [6.07, 6.45) is 0.300. The van der Waals surface area contributed by atoms with Crippen LogP contribution in [0.1, 0.15) is 18.9 Å². The molecule has 0 radical (unpaired) electrons. The molecule has 1 saturated heterocycles. The van der Waals surface area contributed by atoms with Gasteiger partial charge in [-0.05, 0) is 19.1 Å². The van der Waals surface area contributed by atoms with Gasteiger partial charge in [0.25, 0.3) is 0 Å². The van der Waals surface area contributed by atoms with Crippen LogP contribution in [0.25, 0.3) is 0 Å². The molecule has 0 spiro atoms. The summed E-state index contributed by atoms with van der Waals surface area (Å²) < 4.78 is 31.7. The highest BCUT2D eigenvalue weighted by Gasteiger charge is 2.48. The minimum Gasteiger partial charge on any atom is -0.345 e. The van der Waals surface area contributed by atoms with Crippen molar-refractivity contribution in [3.05, 3.63) is 29.8 Å². The van der Waals surface area contributed by atoms with Gasteiger partial charge >= 0.3 is 0 Å². The first-order chi connectivity index (χ1) is 8.96. The van der Waals surface area contributed by atoms with E-state index in [9.17, 15) is 13.7 Å². The van der Waals surface area contributed by atoms with Crippen LogP contribution in [0.15, 0.2) is 29.2 Å². The monoisotopic (exact) mass is 280 g/mol. The van der Waals surface area contributed by atoms with E-state index in [1.54, 1.807) is 31.2 Å². The number of sulfonamides is 1. The van der Waals surface area contributed by atoms with Crippen molar-refractivity contribution in [1.29, 1.82) is 5.26 Å². The van der Waals surface area contributed by atoms with Gasteiger partial charge < -0.3 is 4.74 Å². The van der Waals surface area contributed by atoms with Crippen LogP contribution in [-0.2, 0) is 14.8 Å². The summed E-state index contributed by atoms with van der Waals surface area (Å²) >= 11 is 0. The average Bonchev–Trinajstić information content (AvgIpc) is 2.84. The Hall–Kier alpha value is -1.42. The van der Waals surface area contributed by atoms with Gasteiger partial charge in [0.05, 0.1) is 11.5 Å². The normalized spacial score (nSPS) is 24.3. The molecule has 0 N–H and O–H groups in total. The Kier molecular flexibility index (Phi) is 3.63. The highest BCUT2D eigenvalue weighted by molar-refractivity contribution is 7.89. The van der Waals surface area contributed by atoms with Crippen LogP contribution in [-0.4, -0.2) is 31.6 Å². The molecule has 1 aliphatic heterocycles. The van der Waals surface area contributed by atoms with Crippen LogP contribution >= 0.6 is 0 Å². The minimum atomic E-state index is -3.70.